The maximum atomic E-state index is 9.72. The lowest BCUT2D eigenvalue weighted by Gasteiger charge is -2.08. The summed E-state index contributed by atoms with van der Waals surface area (Å²) in [5.74, 6) is 5.82. The Kier molecular flexibility index (Phi) is 5.67. The number of aryl methyl sites for hydroxylation is 2. The van der Waals surface area contributed by atoms with Gasteiger partial charge in [0, 0.05) is 6.42 Å². The van der Waals surface area contributed by atoms with Crippen molar-refractivity contribution in [2.75, 3.05) is 0 Å². The van der Waals surface area contributed by atoms with E-state index < -0.39 is 0 Å². The van der Waals surface area contributed by atoms with Gasteiger partial charge in [0.15, 0.2) is 0 Å². The van der Waals surface area contributed by atoms with Gasteiger partial charge in [-0.15, -0.1) is 11.8 Å². The van der Waals surface area contributed by atoms with Gasteiger partial charge in [0.05, 0.1) is 6.10 Å². The zero-order chi connectivity index (χ0) is 11.8. The SMILES string of the molecule is CC#CCCC(O)CCc1ccc(C)cc1. The van der Waals surface area contributed by atoms with Crippen LogP contribution in [0, 0.1) is 18.8 Å². The molecule has 0 aliphatic rings. The van der Waals surface area contributed by atoms with E-state index in [0.717, 1.165) is 25.7 Å². The zero-order valence-electron chi connectivity index (χ0n) is 10.2. The minimum Gasteiger partial charge on any atom is -0.393 e. The lowest BCUT2D eigenvalue weighted by molar-refractivity contribution is 0.156. The molecule has 0 aromatic heterocycles. The Balaban J connectivity index is 2.27. The van der Waals surface area contributed by atoms with E-state index in [0.29, 0.717) is 0 Å². The van der Waals surface area contributed by atoms with Gasteiger partial charge in [-0.2, -0.15) is 0 Å². The summed E-state index contributed by atoms with van der Waals surface area (Å²) < 4.78 is 0. The van der Waals surface area contributed by atoms with Gasteiger partial charge in [0.25, 0.3) is 0 Å². The molecule has 1 unspecified atom stereocenters. The van der Waals surface area contributed by atoms with E-state index >= 15 is 0 Å². The monoisotopic (exact) mass is 216 g/mol. The van der Waals surface area contributed by atoms with Crippen LogP contribution in [0.1, 0.15) is 37.3 Å². The third-order valence-corrected chi connectivity index (χ3v) is 2.67. The lowest BCUT2D eigenvalue weighted by Crippen LogP contribution is -2.07. The third kappa shape index (κ3) is 5.00. The molecule has 1 rings (SSSR count). The Labute approximate surface area is 98.5 Å². The summed E-state index contributed by atoms with van der Waals surface area (Å²) in [6.07, 6.45) is 3.13. The molecular weight excluding hydrogens is 196 g/mol. The van der Waals surface area contributed by atoms with Crippen molar-refractivity contribution >= 4 is 0 Å². The molecule has 0 amide bonds. The Bertz CT molecular complexity index is 353. The number of aliphatic hydroxyl groups excluding tert-OH is 1. The topological polar surface area (TPSA) is 20.2 Å². The summed E-state index contributed by atoms with van der Waals surface area (Å²) in [6.45, 7) is 3.92. The van der Waals surface area contributed by atoms with Gasteiger partial charge in [0.2, 0.25) is 0 Å². The first-order chi connectivity index (χ1) is 7.72. The highest BCUT2D eigenvalue weighted by Crippen LogP contribution is 2.09. The fraction of sp³-hybridized carbons (Fsp3) is 0.467. The Morgan fingerprint density at radius 1 is 1.19 bits per heavy atom. The van der Waals surface area contributed by atoms with Crippen LogP contribution in [0.15, 0.2) is 24.3 Å². The molecule has 1 aromatic rings. The van der Waals surface area contributed by atoms with Crippen molar-refractivity contribution in [2.45, 2.75) is 45.6 Å². The molecule has 0 aliphatic carbocycles. The molecule has 1 atom stereocenters. The quantitative estimate of drug-likeness (QED) is 0.750. The fourth-order valence-electron chi connectivity index (χ4n) is 1.60. The third-order valence-electron chi connectivity index (χ3n) is 2.67. The van der Waals surface area contributed by atoms with Crippen LogP contribution in [0.2, 0.25) is 0 Å². The van der Waals surface area contributed by atoms with Crippen LogP contribution < -0.4 is 0 Å². The van der Waals surface area contributed by atoms with Crippen LogP contribution in [0.25, 0.3) is 0 Å². The van der Waals surface area contributed by atoms with E-state index in [1.807, 2.05) is 6.92 Å². The van der Waals surface area contributed by atoms with E-state index in [1.54, 1.807) is 0 Å². The minimum absolute atomic E-state index is 0.220. The van der Waals surface area contributed by atoms with Crippen molar-refractivity contribution in [2.24, 2.45) is 0 Å². The summed E-state index contributed by atoms with van der Waals surface area (Å²) in [7, 11) is 0. The standard InChI is InChI=1S/C15H20O/c1-3-4-5-6-15(16)12-11-14-9-7-13(2)8-10-14/h7-10,15-16H,5-6,11-12H2,1-2H3. The molecule has 0 fully saturated rings. The molecule has 0 spiro atoms. The Hall–Kier alpha value is -1.26. The van der Waals surface area contributed by atoms with E-state index in [2.05, 4.69) is 43.0 Å². The van der Waals surface area contributed by atoms with Crippen molar-refractivity contribution in [3.8, 4) is 11.8 Å². The average Bonchev–Trinajstić information content (AvgIpc) is 2.29. The fourth-order valence-corrected chi connectivity index (χ4v) is 1.60. The van der Waals surface area contributed by atoms with Gasteiger partial charge in [-0.1, -0.05) is 29.8 Å². The van der Waals surface area contributed by atoms with Gasteiger partial charge in [-0.3, -0.25) is 0 Å². The first-order valence-electron chi connectivity index (χ1n) is 5.85. The van der Waals surface area contributed by atoms with E-state index in [4.69, 9.17) is 0 Å². The molecule has 0 bridgehead atoms. The highest BCUT2D eigenvalue weighted by molar-refractivity contribution is 5.21. The maximum Gasteiger partial charge on any atom is 0.0552 e. The molecule has 16 heavy (non-hydrogen) atoms. The van der Waals surface area contributed by atoms with E-state index in [9.17, 15) is 5.11 Å². The van der Waals surface area contributed by atoms with Gasteiger partial charge in [-0.05, 0) is 38.7 Å². The smallest absolute Gasteiger partial charge is 0.0552 e. The second-order valence-electron chi connectivity index (χ2n) is 4.14. The number of hydrogen-bond donors (Lipinski definition) is 1. The molecule has 0 saturated heterocycles. The number of hydrogen-bond acceptors (Lipinski definition) is 1. The van der Waals surface area contributed by atoms with Crippen molar-refractivity contribution < 1.29 is 5.11 Å². The summed E-state index contributed by atoms with van der Waals surface area (Å²) >= 11 is 0. The number of aliphatic hydroxyl groups is 1. The molecule has 0 aliphatic heterocycles. The van der Waals surface area contributed by atoms with Crippen LogP contribution in [-0.2, 0) is 6.42 Å². The number of benzene rings is 1. The van der Waals surface area contributed by atoms with Gasteiger partial charge < -0.3 is 5.11 Å². The summed E-state index contributed by atoms with van der Waals surface area (Å²) in [5, 5.41) is 9.72. The summed E-state index contributed by atoms with van der Waals surface area (Å²) in [4.78, 5) is 0. The predicted molar refractivity (Wildman–Crippen MR) is 68.2 cm³/mol. The molecular formula is C15H20O. The second kappa shape index (κ2) is 7.09. The molecule has 86 valence electrons. The maximum absolute atomic E-state index is 9.72. The van der Waals surface area contributed by atoms with Crippen molar-refractivity contribution in [3.63, 3.8) is 0 Å². The summed E-state index contributed by atoms with van der Waals surface area (Å²) in [5.41, 5.74) is 2.58. The normalized spacial score (nSPS) is 11.7. The van der Waals surface area contributed by atoms with Crippen LogP contribution in [0.5, 0.6) is 0 Å². The number of rotatable bonds is 5. The first kappa shape index (κ1) is 12.8. The molecule has 0 heterocycles. The van der Waals surface area contributed by atoms with Crippen molar-refractivity contribution in [1.82, 2.24) is 0 Å². The average molecular weight is 216 g/mol. The molecule has 1 nitrogen and oxygen atoms in total. The van der Waals surface area contributed by atoms with Crippen LogP contribution in [0.3, 0.4) is 0 Å². The van der Waals surface area contributed by atoms with Crippen LogP contribution in [-0.4, -0.2) is 11.2 Å². The van der Waals surface area contributed by atoms with E-state index in [-0.39, 0.29) is 6.10 Å². The highest BCUT2D eigenvalue weighted by atomic mass is 16.3. The highest BCUT2D eigenvalue weighted by Gasteiger charge is 2.03. The molecule has 0 saturated carbocycles. The second-order valence-corrected chi connectivity index (χ2v) is 4.14. The van der Waals surface area contributed by atoms with Gasteiger partial charge >= 0.3 is 0 Å². The largest absolute Gasteiger partial charge is 0.393 e. The van der Waals surface area contributed by atoms with Crippen molar-refractivity contribution in [3.05, 3.63) is 35.4 Å². The van der Waals surface area contributed by atoms with Crippen LogP contribution >= 0.6 is 0 Å². The van der Waals surface area contributed by atoms with Crippen molar-refractivity contribution in [1.29, 1.82) is 0 Å². The molecule has 1 heteroatoms. The van der Waals surface area contributed by atoms with Gasteiger partial charge in [-0.25, -0.2) is 0 Å². The first-order valence-corrected chi connectivity index (χ1v) is 5.85. The van der Waals surface area contributed by atoms with Gasteiger partial charge in [0.1, 0.15) is 0 Å². The Morgan fingerprint density at radius 3 is 2.50 bits per heavy atom. The van der Waals surface area contributed by atoms with E-state index in [1.165, 1.54) is 11.1 Å². The predicted octanol–water partition coefficient (Wildman–Crippen LogP) is 3.09. The summed E-state index contributed by atoms with van der Waals surface area (Å²) in [6, 6.07) is 8.50. The lowest BCUT2D eigenvalue weighted by atomic mass is 10.0. The zero-order valence-corrected chi connectivity index (χ0v) is 10.2. The molecule has 0 radical (unpaired) electrons. The molecule has 1 aromatic carbocycles. The van der Waals surface area contributed by atoms with Crippen LogP contribution in [0.4, 0.5) is 0 Å². The Morgan fingerprint density at radius 2 is 1.88 bits per heavy atom. The molecule has 1 N–H and O–H groups in total. The minimum atomic E-state index is -0.220.